The summed E-state index contributed by atoms with van der Waals surface area (Å²) in [6, 6.07) is 10.2. The van der Waals surface area contributed by atoms with E-state index in [4.69, 9.17) is 14.2 Å². The zero-order chi connectivity index (χ0) is 20.1. The van der Waals surface area contributed by atoms with Crippen molar-refractivity contribution in [2.75, 3.05) is 32.7 Å². The Morgan fingerprint density at radius 1 is 1.14 bits per heavy atom. The Morgan fingerprint density at radius 3 is 2.71 bits per heavy atom. The molecule has 148 valence electrons. The molecule has 28 heavy (non-hydrogen) atoms. The molecule has 0 aliphatic carbocycles. The average molecular weight is 386 g/mol. The number of nitrogens with one attached hydrogen (secondary N) is 2. The van der Waals surface area contributed by atoms with Gasteiger partial charge in [-0.2, -0.15) is 0 Å². The maximum atomic E-state index is 12.1. The van der Waals surface area contributed by atoms with E-state index in [-0.39, 0.29) is 6.54 Å². The molecule has 1 atom stereocenters. The first-order valence-corrected chi connectivity index (χ1v) is 8.76. The molecule has 0 saturated heterocycles. The number of hydrogen-bond donors (Lipinski definition) is 3. The van der Waals surface area contributed by atoms with Crippen LogP contribution in [0.4, 0.5) is 5.69 Å². The molecule has 8 heteroatoms. The number of amides is 2. The zero-order valence-electron chi connectivity index (χ0n) is 15.7. The van der Waals surface area contributed by atoms with Gasteiger partial charge in [0.25, 0.3) is 0 Å². The molecule has 3 N–H and O–H groups in total. The van der Waals surface area contributed by atoms with Crippen LogP contribution >= 0.6 is 0 Å². The van der Waals surface area contributed by atoms with Crippen molar-refractivity contribution in [2.45, 2.75) is 12.5 Å². The Bertz CT molecular complexity index is 883. The van der Waals surface area contributed by atoms with Crippen LogP contribution < -0.4 is 24.8 Å². The molecular formula is C20H22N2O6. The average Bonchev–Trinajstić information content (AvgIpc) is 3.19. The molecule has 2 amide bonds. The van der Waals surface area contributed by atoms with Crippen LogP contribution in [0.5, 0.6) is 17.2 Å². The fourth-order valence-corrected chi connectivity index (χ4v) is 2.88. The SMILES string of the molecule is COc1ccc(NC(=O)C(=O)NCC(O)c2ccc3c(c2)CCO3)c(OC)c1. The number of aliphatic hydroxyl groups excluding tert-OH is 1. The van der Waals surface area contributed by atoms with Crippen molar-refractivity contribution in [3.8, 4) is 17.2 Å². The highest BCUT2D eigenvalue weighted by Crippen LogP contribution is 2.29. The third kappa shape index (κ3) is 4.34. The van der Waals surface area contributed by atoms with Gasteiger partial charge in [0.05, 0.1) is 32.6 Å². The number of anilines is 1. The second-order valence-corrected chi connectivity index (χ2v) is 6.21. The van der Waals surface area contributed by atoms with Gasteiger partial charge in [-0.3, -0.25) is 9.59 Å². The van der Waals surface area contributed by atoms with Gasteiger partial charge in [-0.1, -0.05) is 6.07 Å². The van der Waals surface area contributed by atoms with Crippen molar-refractivity contribution >= 4 is 17.5 Å². The molecule has 8 nitrogen and oxygen atoms in total. The highest BCUT2D eigenvalue weighted by molar-refractivity contribution is 6.39. The lowest BCUT2D eigenvalue weighted by Crippen LogP contribution is -2.37. The summed E-state index contributed by atoms with van der Waals surface area (Å²) in [7, 11) is 2.96. The highest BCUT2D eigenvalue weighted by atomic mass is 16.5. The quantitative estimate of drug-likeness (QED) is 0.649. The second-order valence-electron chi connectivity index (χ2n) is 6.21. The summed E-state index contributed by atoms with van der Waals surface area (Å²) >= 11 is 0. The summed E-state index contributed by atoms with van der Waals surface area (Å²) in [5.74, 6) is 0.00954. The first-order valence-electron chi connectivity index (χ1n) is 8.76. The number of aliphatic hydroxyl groups is 1. The first kappa shape index (κ1) is 19.5. The molecule has 3 rings (SSSR count). The molecule has 1 aliphatic heterocycles. The van der Waals surface area contributed by atoms with Gasteiger partial charge in [0.2, 0.25) is 0 Å². The van der Waals surface area contributed by atoms with Crippen molar-refractivity contribution in [3.63, 3.8) is 0 Å². The molecular weight excluding hydrogens is 364 g/mol. The van der Waals surface area contributed by atoms with Crippen LogP contribution in [0.3, 0.4) is 0 Å². The number of hydrogen-bond acceptors (Lipinski definition) is 6. The van der Waals surface area contributed by atoms with E-state index in [2.05, 4.69) is 10.6 Å². The Morgan fingerprint density at radius 2 is 1.96 bits per heavy atom. The monoisotopic (exact) mass is 386 g/mol. The minimum Gasteiger partial charge on any atom is -0.497 e. The summed E-state index contributed by atoms with van der Waals surface area (Å²) in [6.07, 6.45) is -0.146. The molecule has 0 radical (unpaired) electrons. The van der Waals surface area contributed by atoms with Gasteiger partial charge in [-0.05, 0) is 35.4 Å². The minimum absolute atomic E-state index is 0.0916. The van der Waals surface area contributed by atoms with Gasteiger partial charge in [0.1, 0.15) is 17.2 Å². The van der Waals surface area contributed by atoms with Gasteiger partial charge in [-0.15, -0.1) is 0 Å². The highest BCUT2D eigenvalue weighted by Gasteiger charge is 2.19. The summed E-state index contributed by atoms with van der Waals surface area (Å²) < 4.78 is 15.7. The molecule has 0 fully saturated rings. The number of fused-ring (bicyclic) bond motifs is 1. The van der Waals surface area contributed by atoms with Crippen LogP contribution in [0, 0.1) is 0 Å². The molecule has 0 bridgehead atoms. The lowest BCUT2D eigenvalue weighted by Gasteiger charge is -2.14. The van der Waals surface area contributed by atoms with Crippen LogP contribution in [-0.2, 0) is 16.0 Å². The third-order valence-electron chi connectivity index (χ3n) is 4.42. The van der Waals surface area contributed by atoms with Crippen LogP contribution in [0.25, 0.3) is 0 Å². The van der Waals surface area contributed by atoms with Crippen LogP contribution in [0.15, 0.2) is 36.4 Å². The number of rotatable bonds is 6. The molecule has 1 unspecified atom stereocenters. The van der Waals surface area contributed by atoms with Crippen molar-refractivity contribution in [3.05, 3.63) is 47.5 Å². The standard InChI is InChI=1S/C20H22N2O6/c1-26-14-4-5-15(18(10-14)27-2)22-20(25)19(24)21-11-16(23)12-3-6-17-13(9-12)7-8-28-17/h3-6,9-10,16,23H,7-8,11H2,1-2H3,(H,21,24)(H,22,25). The number of carbonyl (C=O) groups excluding carboxylic acids is 2. The molecule has 0 saturated carbocycles. The van der Waals surface area contributed by atoms with Crippen LogP contribution in [0.1, 0.15) is 17.2 Å². The van der Waals surface area contributed by atoms with E-state index in [1.54, 1.807) is 30.3 Å². The predicted molar refractivity (Wildman–Crippen MR) is 102 cm³/mol. The number of ether oxygens (including phenoxy) is 3. The van der Waals surface area contributed by atoms with Crippen molar-refractivity contribution in [1.29, 1.82) is 0 Å². The van der Waals surface area contributed by atoms with E-state index >= 15 is 0 Å². The van der Waals surface area contributed by atoms with E-state index < -0.39 is 17.9 Å². The fourth-order valence-electron chi connectivity index (χ4n) is 2.88. The van der Waals surface area contributed by atoms with E-state index in [1.165, 1.54) is 14.2 Å². The largest absolute Gasteiger partial charge is 0.497 e. The summed E-state index contributed by atoms with van der Waals surface area (Å²) in [6.45, 7) is 0.534. The second kappa shape index (κ2) is 8.62. The van der Waals surface area contributed by atoms with Crippen LogP contribution in [0.2, 0.25) is 0 Å². The maximum absolute atomic E-state index is 12.1. The van der Waals surface area contributed by atoms with Crippen molar-refractivity contribution in [1.82, 2.24) is 5.32 Å². The van der Waals surface area contributed by atoms with Gasteiger partial charge in [-0.25, -0.2) is 0 Å². The van der Waals surface area contributed by atoms with Crippen LogP contribution in [-0.4, -0.2) is 44.3 Å². The fraction of sp³-hybridized carbons (Fsp3) is 0.300. The Kier molecular flexibility index (Phi) is 6.00. The summed E-state index contributed by atoms with van der Waals surface area (Å²) in [5, 5.41) is 15.2. The summed E-state index contributed by atoms with van der Waals surface area (Å²) in [4.78, 5) is 24.2. The normalized spacial score (nSPS) is 13.1. The van der Waals surface area contributed by atoms with Crippen molar-refractivity contribution < 1.29 is 28.9 Å². The molecule has 0 aromatic heterocycles. The Labute approximate surface area is 162 Å². The van der Waals surface area contributed by atoms with Gasteiger partial charge in [0, 0.05) is 19.0 Å². The number of benzene rings is 2. The Hall–Kier alpha value is -3.26. The smallest absolute Gasteiger partial charge is 0.313 e. The number of carbonyl (C=O) groups is 2. The van der Waals surface area contributed by atoms with E-state index in [0.29, 0.717) is 29.4 Å². The van der Waals surface area contributed by atoms with Gasteiger partial charge in [0.15, 0.2) is 0 Å². The molecule has 0 spiro atoms. The minimum atomic E-state index is -0.932. The van der Waals surface area contributed by atoms with E-state index in [0.717, 1.165) is 17.7 Å². The maximum Gasteiger partial charge on any atom is 0.313 e. The lowest BCUT2D eigenvalue weighted by molar-refractivity contribution is -0.136. The topological polar surface area (TPSA) is 106 Å². The molecule has 1 heterocycles. The third-order valence-corrected chi connectivity index (χ3v) is 4.42. The molecule has 2 aromatic carbocycles. The lowest BCUT2D eigenvalue weighted by atomic mass is 10.0. The number of methoxy groups -OCH3 is 2. The Balaban J connectivity index is 1.56. The molecule has 2 aromatic rings. The zero-order valence-corrected chi connectivity index (χ0v) is 15.7. The predicted octanol–water partition coefficient (Wildman–Crippen LogP) is 1.43. The first-order chi connectivity index (χ1) is 13.5. The van der Waals surface area contributed by atoms with Crippen molar-refractivity contribution in [2.24, 2.45) is 0 Å². The van der Waals surface area contributed by atoms with Gasteiger partial charge < -0.3 is 30.0 Å². The molecule has 1 aliphatic rings. The van der Waals surface area contributed by atoms with E-state index in [1.807, 2.05) is 6.07 Å². The summed E-state index contributed by atoms with van der Waals surface area (Å²) in [5.41, 5.74) is 2.01. The van der Waals surface area contributed by atoms with E-state index in [9.17, 15) is 14.7 Å². The van der Waals surface area contributed by atoms with Gasteiger partial charge >= 0.3 is 11.8 Å².